The van der Waals surface area contributed by atoms with Crippen LogP contribution in [0.2, 0.25) is 0 Å². The Hall–Kier alpha value is -1.65. The van der Waals surface area contributed by atoms with Crippen LogP contribution in [0.5, 0.6) is 0 Å². The Labute approximate surface area is 98.1 Å². The minimum absolute atomic E-state index is 0.125. The number of fused-ring (bicyclic) bond motifs is 1. The summed E-state index contributed by atoms with van der Waals surface area (Å²) >= 11 is 0. The van der Waals surface area contributed by atoms with Crippen LogP contribution in [-0.4, -0.2) is 34.3 Å². The van der Waals surface area contributed by atoms with Crippen LogP contribution >= 0.6 is 0 Å². The summed E-state index contributed by atoms with van der Waals surface area (Å²) in [5.74, 6) is -2.06. The van der Waals surface area contributed by atoms with Crippen molar-refractivity contribution in [3.05, 3.63) is 12.2 Å². The Kier molecular flexibility index (Phi) is 2.11. The van der Waals surface area contributed by atoms with E-state index < -0.39 is 12.5 Å². The van der Waals surface area contributed by atoms with Gasteiger partial charge in [-0.15, -0.1) is 0 Å². The Morgan fingerprint density at radius 2 is 1.65 bits per heavy atom. The van der Waals surface area contributed by atoms with Crippen molar-refractivity contribution in [2.24, 2.45) is 23.7 Å². The summed E-state index contributed by atoms with van der Waals surface area (Å²) in [5, 5.41) is 8.73. The monoisotopic (exact) mass is 235 g/mol. The molecule has 17 heavy (non-hydrogen) atoms. The lowest BCUT2D eigenvalue weighted by Crippen LogP contribution is -2.38. The van der Waals surface area contributed by atoms with Crippen molar-refractivity contribution in [3.63, 3.8) is 0 Å². The molecule has 1 aliphatic heterocycles. The van der Waals surface area contributed by atoms with Crippen molar-refractivity contribution in [1.82, 2.24) is 4.90 Å². The summed E-state index contributed by atoms with van der Waals surface area (Å²) < 4.78 is 0. The minimum Gasteiger partial charge on any atom is -0.480 e. The van der Waals surface area contributed by atoms with E-state index >= 15 is 0 Å². The summed E-state index contributed by atoms with van der Waals surface area (Å²) in [7, 11) is 0. The molecule has 4 atom stereocenters. The number of allylic oxidation sites excluding steroid dienone is 2. The number of carboxylic acids is 1. The van der Waals surface area contributed by atoms with Crippen LogP contribution in [0, 0.1) is 23.7 Å². The van der Waals surface area contributed by atoms with Crippen molar-refractivity contribution in [2.75, 3.05) is 6.54 Å². The standard InChI is InChI=1S/C12H13NO4/c14-8(15)5-13-11(16)9-6-1-2-7(4-3-6)10(9)12(13)17/h1-2,6-7,9-10H,3-5H2,(H,14,15)/t6-,7-,9-,10-/m0/s1. The van der Waals surface area contributed by atoms with E-state index in [0.717, 1.165) is 17.7 Å². The number of hydrogen-bond acceptors (Lipinski definition) is 3. The second-order valence-corrected chi connectivity index (χ2v) is 5.00. The SMILES string of the molecule is O=C(O)CN1C(=O)[C@@H]2[C@@H](C1=O)[C@H]1C=C[C@H]2CC1. The molecular formula is C12H13NO4. The third kappa shape index (κ3) is 1.34. The topological polar surface area (TPSA) is 74.7 Å². The highest BCUT2D eigenvalue weighted by molar-refractivity contribution is 6.07. The molecule has 5 nitrogen and oxygen atoms in total. The molecule has 0 aromatic heterocycles. The van der Waals surface area contributed by atoms with Gasteiger partial charge < -0.3 is 5.11 Å². The molecule has 1 saturated heterocycles. The van der Waals surface area contributed by atoms with Gasteiger partial charge in [0.25, 0.3) is 0 Å². The van der Waals surface area contributed by atoms with Crippen molar-refractivity contribution in [2.45, 2.75) is 12.8 Å². The Morgan fingerprint density at radius 1 is 1.18 bits per heavy atom. The lowest BCUT2D eigenvalue weighted by molar-refractivity contribution is -0.149. The molecule has 4 rings (SSSR count). The first-order chi connectivity index (χ1) is 8.09. The average Bonchev–Trinajstić information content (AvgIpc) is 2.57. The summed E-state index contributed by atoms with van der Waals surface area (Å²) in [6.45, 7) is -0.496. The molecule has 0 aromatic carbocycles. The zero-order valence-electron chi connectivity index (χ0n) is 9.20. The smallest absolute Gasteiger partial charge is 0.323 e. The summed E-state index contributed by atoms with van der Waals surface area (Å²) in [5.41, 5.74) is 0. The number of carbonyl (C=O) groups is 3. The lowest BCUT2D eigenvalue weighted by Gasteiger charge is -2.38. The lowest BCUT2D eigenvalue weighted by atomic mass is 9.63. The van der Waals surface area contributed by atoms with Gasteiger partial charge in [0.2, 0.25) is 11.8 Å². The van der Waals surface area contributed by atoms with Crippen LogP contribution < -0.4 is 0 Å². The van der Waals surface area contributed by atoms with E-state index in [4.69, 9.17) is 5.11 Å². The van der Waals surface area contributed by atoms with Crippen molar-refractivity contribution < 1.29 is 19.5 Å². The molecule has 2 bridgehead atoms. The quantitative estimate of drug-likeness (QED) is 0.550. The van der Waals surface area contributed by atoms with Gasteiger partial charge in [0.1, 0.15) is 6.54 Å². The van der Waals surface area contributed by atoms with Gasteiger partial charge >= 0.3 is 5.97 Å². The molecule has 0 spiro atoms. The zero-order valence-corrected chi connectivity index (χ0v) is 9.20. The van der Waals surface area contributed by atoms with Crippen LogP contribution in [0.1, 0.15) is 12.8 Å². The van der Waals surface area contributed by atoms with Gasteiger partial charge in [-0.25, -0.2) is 0 Å². The molecule has 1 N–H and O–H groups in total. The number of carboxylic acid groups (broad SMARTS) is 1. The Bertz CT molecular complexity index is 410. The van der Waals surface area contributed by atoms with Gasteiger partial charge in [0, 0.05) is 0 Å². The molecule has 1 heterocycles. The summed E-state index contributed by atoms with van der Waals surface area (Å²) in [4.78, 5) is 35.8. The fourth-order valence-corrected chi connectivity index (χ4v) is 3.43. The number of aliphatic carboxylic acids is 1. The minimum atomic E-state index is -1.13. The molecule has 5 heteroatoms. The van der Waals surface area contributed by atoms with Gasteiger partial charge in [-0.3, -0.25) is 19.3 Å². The van der Waals surface area contributed by atoms with Crippen LogP contribution in [0.3, 0.4) is 0 Å². The van der Waals surface area contributed by atoms with Crippen LogP contribution in [0.15, 0.2) is 12.2 Å². The second-order valence-electron chi connectivity index (χ2n) is 5.00. The fraction of sp³-hybridized carbons (Fsp3) is 0.583. The van der Waals surface area contributed by atoms with Gasteiger partial charge in [-0.2, -0.15) is 0 Å². The van der Waals surface area contributed by atoms with Crippen LogP contribution in [-0.2, 0) is 14.4 Å². The third-order valence-electron chi connectivity index (χ3n) is 4.14. The number of imide groups is 1. The number of hydrogen-bond donors (Lipinski definition) is 1. The number of rotatable bonds is 2. The van der Waals surface area contributed by atoms with Crippen LogP contribution in [0.25, 0.3) is 0 Å². The van der Waals surface area contributed by atoms with Gasteiger partial charge in [0.15, 0.2) is 0 Å². The molecule has 90 valence electrons. The Balaban J connectivity index is 1.94. The highest BCUT2D eigenvalue weighted by atomic mass is 16.4. The number of likely N-dealkylation sites (tertiary alicyclic amines) is 1. The van der Waals surface area contributed by atoms with E-state index in [0.29, 0.717) is 0 Å². The molecule has 1 saturated carbocycles. The predicted molar refractivity (Wildman–Crippen MR) is 56.7 cm³/mol. The number of nitrogens with zero attached hydrogens (tertiary/aromatic N) is 1. The molecule has 2 fully saturated rings. The fourth-order valence-electron chi connectivity index (χ4n) is 3.43. The van der Waals surface area contributed by atoms with Crippen molar-refractivity contribution >= 4 is 17.8 Å². The highest BCUT2D eigenvalue weighted by Crippen LogP contribution is 2.49. The molecular weight excluding hydrogens is 222 g/mol. The molecule has 3 aliphatic carbocycles. The van der Waals surface area contributed by atoms with E-state index in [1.54, 1.807) is 0 Å². The zero-order chi connectivity index (χ0) is 12.2. The maximum Gasteiger partial charge on any atom is 0.323 e. The van der Waals surface area contributed by atoms with Crippen molar-refractivity contribution in [1.29, 1.82) is 0 Å². The molecule has 4 aliphatic rings. The first kappa shape index (κ1) is 10.5. The van der Waals surface area contributed by atoms with Crippen molar-refractivity contribution in [3.8, 4) is 0 Å². The van der Waals surface area contributed by atoms with E-state index in [1.807, 2.05) is 12.2 Å². The summed E-state index contributed by atoms with van der Waals surface area (Å²) in [6.07, 6.45) is 5.90. The maximum absolute atomic E-state index is 12.1. The molecule has 0 aromatic rings. The number of amides is 2. The van der Waals surface area contributed by atoms with E-state index in [1.165, 1.54) is 0 Å². The first-order valence-corrected chi connectivity index (χ1v) is 5.85. The highest BCUT2D eigenvalue weighted by Gasteiger charge is 2.56. The normalized spacial score (nSPS) is 38.7. The third-order valence-corrected chi connectivity index (χ3v) is 4.14. The summed E-state index contributed by atoms with van der Waals surface area (Å²) in [6, 6.07) is 0. The first-order valence-electron chi connectivity index (χ1n) is 5.85. The van der Waals surface area contributed by atoms with Gasteiger partial charge in [-0.05, 0) is 24.7 Å². The molecule has 2 amide bonds. The van der Waals surface area contributed by atoms with Gasteiger partial charge in [-0.1, -0.05) is 12.2 Å². The largest absolute Gasteiger partial charge is 0.480 e. The van der Waals surface area contributed by atoms with E-state index in [2.05, 4.69) is 0 Å². The van der Waals surface area contributed by atoms with E-state index in [-0.39, 0.29) is 35.5 Å². The number of carbonyl (C=O) groups excluding carboxylic acids is 2. The maximum atomic E-state index is 12.1. The molecule has 0 radical (unpaired) electrons. The Morgan fingerprint density at radius 3 is 2.00 bits per heavy atom. The van der Waals surface area contributed by atoms with Crippen LogP contribution in [0.4, 0.5) is 0 Å². The predicted octanol–water partition coefficient (Wildman–Crippen LogP) is 0.268. The van der Waals surface area contributed by atoms with Gasteiger partial charge in [0.05, 0.1) is 11.8 Å². The second kappa shape index (κ2) is 3.42. The van der Waals surface area contributed by atoms with E-state index in [9.17, 15) is 14.4 Å². The average molecular weight is 235 g/mol. The molecule has 0 unspecified atom stereocenters.